The van der Waals surface area contributed by atoms with Crippen LogP contribution < -0.4 is 0 Å². The second kappa shape index (κ2) is 5.14. The fraction of sp³-hybridized carbons (Fsp3) is 1.00. The van der Waals surface area contributed by atoms with Gasteiger partial charge in [-0.05, 0) is 13.8 Å². The van der Waals surface area contributed by atoms with E-state index in [1.165, 1.54) is 0 Å². The van der Waals surface area contributed by atoms with Crippen molar-refractivity contribution in [2.75, 3.05) is 6.16 Å². The van der Waals surface area contributed by atoms with Crippen LogP contribution >= 0.6 is 20.0 Å². The fourth-order valence-corrected chi connectivity index (χ4v) is 1.21. The molecule has 0 saturated heterocycles. The van der Waals surface area contributed by atoms with Crippen molar-refractivity contribution in [2.45, 2.75) is 26.9 Å². The summed E-state index contributed by atoms with van der Waals surface area (Å²) in [5, 5.41) is 0. The zero-order valence-corrected chi connectivity index (χ0v) is 8.11. The molecule has 0 fully saturated rings. The van der Waals surface area contributed by atoms with Gasteiger partial charge in [0.25, 0.3) is 0 Å². The normalized spacial score (nSPS) is 16.1. The maximum Gasteiger partial charge on any atom is 0.328 e. The third-order valence-electron chi connectivity index (χ3n) is 0.775. The Kier molecular flexibility index (Phi) is 6.71. The van der Waals surface area contributed by atoms with Crippen LogP contribution in [-0.2, 0) is 9.09 Å². The third-order valence-corrected chi connectivity index (χ3v) is 2.33. The monoisotopic (exact) mass is 188 g/mol. The molecule has 0 aromatic carbocycles. The van der Waals surface area contributed by atoms with E-state index in [9.17, 15) is 4.57 Å². The van der Waals surface area contributed by atoms with Crippen LogP contribution in [0, 0.1) is 0 Å². The van der Waals surface area contributed by atoms with Crippen LogP contribution in [0.2, 0.25) is 0 Å². The molecule has 0 heterocycles. The molecule has 0 aromatic rings. The van der Waals surface area contributed by atoms with Crippen molar-refractivity contribution in [1.82, 2.24) is 0 Å². The van der Waals surface area contributed by atoms with E-state index in [0.29, 0.717) is 0 Å². The molecule has 0 rings (SSSR count). The Balaban J connectivity index is 0. The fourth-order valence-electron chi connectivity index (χ4n) is 0.404. The SMILES string of the molecule is CCP(=O)(O)OC(C)C.Cl. The van der Waals surface area contributed by atoms with E-state index in [0.717, 1.165) is 0 Å². The molecule has 0 spiro atoms. The van der Waals surface area contributed by atoms with Crippen molar-refractivity contribution in [2.24, 2.45) is 0 Å². The molecule has 0 aliphatic rings. The highest BCUT2D eigenvalue weighted by molar-refractivity contribution is 7.52. The van der Waals surface area contributed by atoms with Gasteiger partial charge in [-0.2, -0.15) is 0 Å². The Morgan fingerprint density at radius 1 is 1.60 bits per heavy atom. The lowest BCUT2D eigenvalue weighted by molar-refractivity contribution is 0.205. The van der Waals surface area contributed by atoms with Crippen molar-refractivity contribution in [1.29, 1.82) is 0 Å². The minimum atomic E-state index is -3.23. The van der Waals surface area contributed by atoms with Gasteiger partial charge in [0.05, 0.1) is 6.10 Å². The smallest absolute Gasteiger partial charge is 0.324 e. The van der Waals surface area contributed by atoms with Gasteiger partial charge >= 0.3 is 7.60 Å². The largest absolute Gasteiger partial charge is 0.328 e. The topological polar surface area (TPSA) is 46.5 Å². The number of hydrogen-bond donors (Lipinski definition) is 1. The van der Waals surface area contributed by atoms with Gasteiger partial charge < -0.3 is 9.42 Å². The van der Waals surface area contributed by atoms with E-state index in [1.54, 1.807) is 20.8 Å². The molecule has 3 nitrogen and oxygen atoms in total. The highest BCUT2D eigenvalue weighted by Crippen LogP contribution is 2.42. The summed E-state index contributed by atoms with van der Waals surface area (Å²) in [6.45, 7) is 5.10. The van der Waals surface area contributed by atoms with E-state index >= 15 is 0 Å². The molecule has 0 aliphatic carbocycles. The van der Waals surface area contributed by atoms with Crippen LogP contribution in [0.5, 0.6) is 0 Å². The summed E-state index contributed by atoms with van der Waals surface area (Å²) in [4.78, 5) is 8.83. The zero-order chi connectivity index (χ0) is 7.49. The molecule has 0 aliphatic heterocycles. The highest BCUT2D eigenvalue weighted by atomic mass is 35.5. The Hall–Kier alpha value is 0.440. The minimum absolute atomic E-state index is 0. The first kappa shape index (κ1) is 13.1. The first-order chi connectivity index (χ1) is 3.98. The van der Waals surface area contributed by atoms with Crippen LogP contribution in [0.4, 0.5) is 0 Å². The summed E-state index contributed by atoms with van der Waals surface area (Å²) in [6, 6.07) is 0. The Bertz CT molecular complexity index is 126. The van der Waals surface area contributed by atoms with Gasteiger partial charge in [0.15, 0.2) is 0 Å². The quantitative estimate of drug-likeness (QED) is 0.690. The molecule has 10 heavy (non-hydrogen) atoms. The molecule has 0 aromatic heterocycles. The number of rotatable bonds is 3. The number of halogens is 1. The Morgan fingerprint density at radius 2 is 2.00 bits per heavy atom. The van der Waals surface area contributed by atoms with Gasteiger partial charge in [0, 0.05) is 6.16 Å². The lowest BCUT2D eigenvalue weighted by Gasteiger charge is -2.11. The average Bonchev–Trinajstić information content (AvgIpc) is 1.63. The third kappa shape index (κ3) is 6.56. The molecule has 1 unspecified atom stereocenters. The van der Waals surface area contributed by atoms with E-state index in [-0.39, 0.29) is 24.7 Å². The van der Waals surface area contributed by atoms with E-state index in [4.69, 9.17) is 9.42 Å². The molecule has 0 saturated carbocycles. The summed E-state index contributed by atoms with van der Waals surface area (Å²) in [5.74, 6) is 0. The Labute approximate surface area is 67.7 Å². The molecule has 5 heteroatoms. The maximum absolute atomic E-state index is 10.7. The molecular formula is C5H14ClO3P. The Morgan fingerprint density at radius 3 is 2.10 bits per heavy atom. The number of hydrogen-bond acceptors (Lipinski definition) is 2. The first-order valence-electron chi connectivity index (χ1n) is 2.98. The van der Waals surface area contributed by atoms with Crippen LogP contribution in [-0.4, -0.2) is 17.2 Å². The summed E-state index contributed by atoms with van der Waals surface area (Å²) < 4.78 is 15.4. The molecular weight excluding hydrogens is 174 g/mol. The summed E-state index contributed by atoms with van der Waals surface area (Å²) in [5.41, 5.74) is 0. The summed E-state index contributed by atoms with van der Waals surface area (Å²) in [6.07, 6.45) is 0.0198. The highest BCUT2D eigenvalue weighted by Gasteiger charge is 2.16. The van der Waals surface area contributed by atoms with Crippen LogP contribution in [0.15, 0.2) is 0 Å². The predicted molar refractivity (Wildman–Crippen MR) is 43.8 cm³/mol. The molecule has 0 radical (unpaired) electrons. The standard InChI is InChI=1S/C5H13O3P.ClH/c1-4-9(6,7)8-5(2)3;/h5H,4H2,1-3H3,(H,6,7);1H. The molecule has 64 valence electrons. The summed E-state index contributed by atoms with van der Waals surface area (Å²) >= 11 is 0. The van der Waals surface area contributed by atoms with Crippen molar-refractivity contribution in [3.63, 3.8) is 0 Å². The van der Waals surface area contributed by atoms with Gasteiger partial charge in [0.1, 0.15) is 0 Å². The van der Waals surface area contributed by atoms with Gasteiger partial charge in [-0.15, -0.1) is 12.4 Å². The van der Waals surface area contributed by atoms with E-state index < -0.39 is 7.60 Å². The van der Waals surface area contributed by atoms with E-state index in [1.807, 2.05) is 0 Å². The van der Waals surface area contributed by atoms with Crippen molar-refractivity contribution in [3.05, 3.63) is 0 Å². The van der Waals surface area contributed by atoms with Crippen LogP contribution in [0.25, 0.3) is 0 Å². The lowest BCUT2D eigenvalue weighted by atomic mass is 10.5. The van der Waals surface area contributed by atoms with Crippen molar-refractivity contribution < 1.29 is 14.0 Å². The molecule has 1 atom stereocenters. The first-order valence-corrected chi connectivity index (χ1v) is 4.74. The maximum atomic E-state index is 10.7. The molecule has 0 amide bonds. The summed E-state index contributed by atoms with van der Waals surface area (Å²) in [7, 11) is -3.23. The van der Waals surface area contributed by atoms with Crippen LogP contribution in [0.3, 0.4) is 0 Å². The van der Waals surface area contributed by atoms with Gasteiger partial charge in [-0.25, -0.2) is 0 Å². The molecule has 1 N–H and O–H groups in total. The second-order valence-electron chi connectivity index (χ2n) is 2.11. The zero-order valence-electron chi connectivity index (χ0n) is 6.40. The van der Waals surface area contributed by atoms with Crippen LogP contribution in [0.1, 0.15) is 20.8 Å². The van der Waals surface area contributed by atoms with Gasteiger partial charge in [0.2, 0.25) is 0 Å². The van der Waals surface area contributed by atoms with Gasteiger partial charge in [-0.3, -0.25) is 4.57 Å². The predicted octanol–water partition coefficient (Wildman–Crippen LogP) is 2.04. The van der Waals surface area contributed by atoms with Gasteiger partial charge in [-0.1, -0.05) is 6.92 Å². The molecule has 0 bridgehead atoms. The van der Waals surface area contributed by atoms with Crippen molar-refractivity contribution >= 4 is 20.0 Å². The second-order valence-corrected chi connectivity index (χ2v) is 4.23. The minimum Gasteiger partial charge on any atom is -0.324 e. The van der Waals surface area contributed by atoms with Crippen molar-refractivity contribution in [3.8, 4) is 0 Å². The average molecular weight is 189 g/mol. The lowest BCUT2D eigenvalue weighted by Crippen LogP contribution is -2.00. The van der Waals surface area contributed by atoms with E-state index in [2.05, 4.69) is 0 Å².